The Kier molecular flexibility index (Phi) is 3.06. The molecule has 0 spiro atoms. The van der Waals surface area contributed by atoms with E-state index in [1.54, 1.807) is 0 Å². The summed E-state index contributed by atoms with van der Waals surface area (Å²) in [6, 6.07) is 5.89. The Morgan fingerprint density at radius 3 is 2.73 bits per heavy atom. The number of hydrogen-bond donors (Lipinski definition) is 3. The SMILES string of the molecule is Nc1cc(I)ccc1NCC1(O)CCC1. The van der Waals surface area contributed by atoms with Gasteiger partial charge in [0.25, 0.3) is 0 Å². The van der Waals surface area contributed by atoms with Gasteiger partial charge < -0.3 is 16.2 Å². The fourth-order valence-corrected chi connectivity index (χ4v) is 2.23. The van der Waals surface area contributed by atoms with Crippen LogP contribution in [0, 0.1) is 3.57 Å². The van der Waals surface area contributed by atoms with Crippen LogP contribution in [0.15, 0.2) is 18.2 Å². The van der Waals surface area contributed by atoms with Crippen LogP contribution in [0.25, 0.3) is 0 Å². The molecule has 0 bridgehead atoms. The van der Waals surface area contributed by atoms with Crippen LogP contribution in [0.3, 0.4) is 0 Å². The number of hydrogen-bond acceptors (Lipinski definition) is 3. The van der Waals surface area contributed by atoms with E-state index < -0.39 is 5.60 Å². The number of halogens is 1. The van der Waals surface area contributed by atoms with Crippen molar-refractivity contribution in [3.8, 4) is 0 Å². The summed E-state index contributed by atoms with van der Waals surface area (Å²) in [7, 11) is 0. The van der Waals surface area contributed by atoms with Crippen molar-refractivity contribution in [3.05, 3.63) is 21.8 Å². The normalized spacial score (nSPS) is 18.3. The van der Waals surface area contributed by atoms with Crippen molar-refractivity contribution in [2.24, 2.45) is 0 Å². The predicted molar refractivity (Wildman–Crippen MR) is 70.9 cm³/mol. The number of rotatable bonds is 3. The average Bonchev–Trinajstić information content (AvgIpc) is 2.14. The second-order valence-electron chi connectivity index (χ2n) is 4.16. The van der Waals surface area contributed by atoms with Gasteiger partial charge in [0.05, 0.1) is 17.0 Å². The summed E-state index contributed by atoms with van der Waals surface area (Å²) in [4.78, 5) is 0. The summed E-state index contributed by atoms with van der Waals surface area (Å²) in [6.07, 6.45) is 2.91. The first-order chi connectivity index (χ1) is 7.09. The lowest BCUT2D eigenvalue weighted by molar-refractivity contribution is -0.0201. The zero-order valence-electron chi connectivity index (χ0n) is 8.46. The Morgan fingerprint density at radius 2 is 2.20 bits per heavy atom. The zero-order chi connectivity index (χ0) is 10.9. The molecule has 0 heterocycles. The molecule has 4 heteroatoms. The number of nitrogens with two attached hydrogens (primary N) is 1. The lowest BCUT2D eigenvalue weighted by Crippen LogP contribution is -2.43. The van der Waals surface area contributed by atoms with Crippen LogP contribution in [0.5, 0.6) is 0 Å². The highest BCUT2D eigenvalue weighted by molar-refractivity contribution is 14.1. The molecule has 0 saturated heterocycles. The van der Waals surface area contributed by atoms with Crippen LogP contribution < -0.4 is 11.1 Å². The van der Waals surface area contributed by atoms with Gasteiger partial charge in [-0.3, -0.25) is 0 Å². The van der Waals surface area contributed by atoms with Gasteiger partial charge in [-0.15, -0.1) is 0 Å². The molecule has 2 rings (SSSR count). The van der Waals surface area contributed by atoms with E-state index in [2.05, 4.69) is 27.9 Å². The second kappa shape index (κ2) is 4.17. The van der Waals surface area contributed by atoms with E-state index in [-0.39, 0.29) is 0 Å². The molecule has 3 nitrogen and oxygen atoms in total. The first kappa shape index (κ1) is 11.0. The quantitative estimate of drug-likeness (QED) is 0.591. The molecule has 0 aromatic heterocycles. The topological polar surface area (TPSA) is 58.3 Å². The van der Waals surface area contributed by atoms with E-state index >= 15 is 0 Å². The van der Waals surface area contributed by atoms with Gasteiger partial charge in [-0.2, -0.15) is 0 Å². The van der Waals surface area contributed by atoms with Crippen LogP contribution in [0.2, 0.25) is 0 Å². The van der Waals surface area contributed by atoms with Crippen LogP contribution in [-0.4, -0.2) is 17.3 Å². The van der Waals surface area contributed by atoms with E-state index in [1.165, 1.54) is 0 Å². The van der Waals surface area contributed by atoms with Gasteiger partial charge in [-0.25, -0.2) is 0 Å². The summed E-state index contributed by atoms with van der Waals surface area (Å²) < 4.78 is 1.12. The van der Waals surface area contributed by atoms with Crippen molar-refractivity contribution in [3.63, 3.8) is 0 Å². The van der Waals surface area contributed by atoms with Gasteiger partial charge in [0.2, 0.25) is 0 Å². The molecule has 0 radical (unpaired) electrons. The minimum absolute atomic E-state index is 0.505. The lowest BCUT2D eigenvalue weighted by atomic mass is 9.80. The van der Waals surface area contributed by atoms with Gasteiger partial charge in [0, 0.05) is 10.1 Å². The molecule has 1 fully saturated rings. The highest BCUT2D eigenvalue weighted by atomic mass is 127. The van der Waals surface area contributed by atoms with Gasteiger partial charge in [-0.05, 0) is 60.1 Å². The van der Waals surface area contributed by atoms with Gasteiger partial charge >= 0.3 is 0 Å². The molecular weight excluding hydrogens is 303 g/mol. The summed E-state index contributed by atoms with van der Waals surface area (Å²) in [5.74, 6) is 0. The second-order valence-corrected chi connectivity index (χ2v) is 5.41. The molecule has 1 aliphatic rings. The maximum atomic E-state index is 9.91. The van der Waals surface area contributed by atoms with E-state index in [0.29, 0.717) is 6.54 Å². The third kappa shape index (κ3) is 2.55. The number of nitrogen functional groups attached to an aromatic ring is 1. The summed E-state index contributed by atoms with van der Waals surface area (Å²) in [6.45, 7) is 0.595. The lowest BCUT2D eigenvalue weighted by Gasteiger charge is -2.37. The van der Waals surface area contributed by atoms with Gasteiger partial charge in [0.15, 0.2) is 0 Å². The number of aliphatic hydroxyl groups is 1. The number of anilines is 2. The molecule has 1 saturated carbocycles. The molecule has 0 aliphatic heterocycles. The van der Waals surface area contributed by atoms with Crippen molar-refractivity contribution in [2.45, 2.75) is 24.9 Å². The smallest absolute Gasteiger partial charge is 0.0819 e. The Hall–Kier alpha value is -0.490. The van der Waals surface area contributed by atoms with Crippen molar-refractivity contribution in [1.29, 1.82) is 0 Å². The van der Waals surface area contributed by atoms with Gasteiger partial charge in [-0.1, -0.05) is 0 Å². The predicted octanol–water partition coefficient (Wildman–Crippen LogP) is 2.20. The number of benzene rings is 1. The molecule has 15 heavy (non-hydrogen) atoms. The summed E-state index contributed by atoms with van der Waals surface area (Å²) in [5.41, 5.74) is 7.01. The average molecular weight is 318 g/mol. The highest BCUT2D eigenvalue weighted by Gasteiger charge is 2.33. The van der Waals surface area contributed by atoms with E-state index in [0.717, 1.165) is 34.2 Å². The zero-order valence-corrected chi connectivity index (χ0v) is 10.6. The fraction of sp³-hybridized carbons (Fsp3) is 0.455. The summed E-state index contributed by atoms with van der Waals surface area (Å²) >= 11 is 2.23. The first-order valence-electron chi connectivity index (χ1n) is 5.10. The van der Waals surface area contributed by atoms with E-state index in [9.17, 15) is 5.11 Å². The molecule has 1 aliphatic carbocycles. The Labute approximate surface area is 103 Å². The largest absolute Gasteiger partial charge is 0.397 e. The van der Waals surface area contributed by atoms with Crippen LogP contribution >= 0.6 is 22.6 Å². The molecule has 1 aromatic rings. The minimum atomic E-state index is -0.505. The standard InChI is InChI=1S/C11H15IN2O/c12-8-2-3-10(9(13)6-8)14-7-11(15)4-1-5-11/h2-3,6,14-15H,1,4-5,7,13H2. The van der Waals surface area contributed by atoms with Crippen LogP contribution in [0.4, 0.5) is 11.4 Å². The fourth-order valence-electron chi connectivity index (χ4n) is 1.72. The third-order valence-electron chi connectivity index (χ3n) is 2.91. The molecule has 1 aromatic carbocycles. The van der Waals surface area contributed by atoms with E-state index in [4.69, 9.17) is 5.73 Å². The molecule has 82 valence electrons. The van der Waals surface area contributed by atoms with E-state index in [1.807, 2.05) is 18.2 Å². The first-order valence-corrected chi connectivity index (χ1v) is 6.18. The minimum Gasteiger partial charge on any atom is -0.397 e. The van der Waals surface area contributed by atoms with Crippen molar-refractivity contribution in [1.82, 2.24) is 0 Å². The van der Waals surface area contributed by atoms with Crippen LogP contribution in [-0.2, 0) is 0 Å². The molecular formula is C11H15IN2O. The Morgan fingerprint density at radius 1 is 1.47 bits per heavy atom. The molecule has 0 atom stereocenters. The molecule has 0 amide bonds. The Balaban J connectivity index is 1.98. The van der Waals surface area contributed by atoms with Crippen molar-refractivity contribution in [2.75, 3.05) is 17.6 Å². The maximum absolute atomic E-state index is 9.91. The van der Waals surface area contributed by atoms with Crippen molar-refractivity contribution >= 4 is 34.0 Å². The highest BCUT2D eigenvalue weighted by Crippen LogP contribution is 2.32. The Bertz CT molecular complexity index is 364. The third-order valence-corrected chi connectivity index (χ3v) is 3.58. The van der Waals surface area contributed by atoms with Gasteiger partial charge in [0.1, 0.15) is 0 Å². The maximum Gasteiger partial charge on any atom is 0.0819 e. The molecule has 0 unspecified atom stereocenters. The summed E-state index contributed by atoms with van der Waals surface area (Å²) in [5, 5.41) is 13.1. The number of nitrogens with one attached hydrogen (secondary N) is 1. The molecule has 4 N–H and O–H groups in total. The van der Waals surface area contributed by atoms with Crippen molar-refractivity contribution < 1.29 is 5.11 Å². The van der Waals surface area contributed by atoms with Crippen LogP contribution in [0.1, 0.15) is 19.3 Å². The monoisotopic (exact) mass is 318 g/mol.